The standard InChI is InChI=1S/C16H35O6P.Na.H/c1-2-3-4-5-6-7-8-9-10-11-12-13-14-15-16(17,18)22-23(19,20)21;;/h17-18H,2-15H2,1H3,(H2,19,20,21);;/q;+1;-1. The zero-order chi connectivity index (χ0) is 17.6. The summed E-state index contributed by atoms with van der Waals surface area (Å²) in [5, 5.41) is 18.5. The molecule has 0 aliphatic rings. The maximum absolute atomic E-state index is 10.5. The maximum atomic E-state index is 10.5. The minimum atomic E-state index is -4.87. The summed E-state index contributed by atoms with van der Waals surface area (Å²) in [4.78, 5) is 17.1. The summed E-state index contributed by atoms with van der Waals surface area (Å²) in [5.41, 5.74) is 0. The normalized spacial score (nSPS) is 12.2. The van der Waals surface area contributed by atoms with Gasteiger partial charge in [0.25, 0.3) is 5.97 Å². The van der Waals surface area contributed by atoms with Gasteiger partial charge in [0.15, 0.2) is 0 Å². The Labute approximate surface area is 170 Å². The van der Waals surface area contributed by atoms with Crippen molar-refractivity contribution in [1.82, 2.24) is 0 Å². The Morgan fingerprint density at radius 2 is 1.12 bits per heavy atom. The first-order chi connectivity index (χ1) is 10.8. The molecule has 0 unspecified atom stereocenters. The van der Waals surface area contributed by atoms with Gasteiger partial charge >= 0.3 is 37.4 Å². The van der Waals surface area contributed by atoms with Gasteiger partial charge in [0.2, 0.25) is 0 Å². The van der Waals surface area contributed by atoms with Gasteiger partial charge in [-0.25, -0.2) is 9.09 Å². The van der Waals surface area contributed by atoms with Gasteiger partial charge in [-0.1, -0.05) is 84.0 Å². The molecule has 0 amide bonds. The van der Waals surface area contributed by atoms with Crippen molar-refractivity contribution in [2.75, 3.05) is 0 Å². The van der Waals surface area contributed by atoms with Crippen LogP contribution in [0, 0.1) is 0 Å². The Bertz CT molecular complexity index is 328. The molecule has 0 spiro atoms. The third kappa shape index (κ3) is 21.1. The molecule has 0 aromatic heterocycles. The van der Waals surface area contributed by atoms with E-state index < -0.39 is 13.8 Å². The number of hydrogen-bond acceptors (Lipinski definition) is 4. The molecule has 0 heterocycles. The van der Waals surface area contributed by atoms with Crippen molar-refractivity contribution in [1.29, 1.82) is 0 Å². The second-order valence-electron chi connectivity index (χ2n) is 6.32. The van der Waals surface area contributed by atoms with E-state index >= 15 is 0 Å². The third-order valence-electron chi connectivity index (χ3n) is 3.87. The van der Waals surface area contributed by atoms with Crippen LogP contribution >= 0.6 is 7.82 Å². The van der Waals surface area contributed by atoms with Gasteiger partial charge in [-0.15, -0.1) is 0 Å². The summed E-state index contributed by atoms with van der Waals surface area (Å²) < 4.78 is 14.4. The van der Waals surface area contributed by atoms with Crippen LogP contribution in [-0.4, -0.2) is 26.0 Å². The van der Waals surface area contributed by atoms with E-state index in [4.69, 9.17) is 9.79 Å². The molecule has 4 N–H and O–H groups in total. The molecule has 0 aromatic carbocycles. The number of rotatable bonds is 16. The first-order valence-corrected chi connectivity index (χ1v) is 10.5. The van der Waals surface area contributed by atoms with E-state index in [0.29, 0.717) is 6.42 Å². The number of aliphatic hydroxyl groups is 2. The summed E-state index contributed by atoms with van der Waals surface area (Å²) in [6.07, 6.45) is 14.9. The summed E-state index contributed by atoms with van der Waals surface area (Å²) in [6, 6.07) is 0. The Kier molecular flexibility index (Phi) is 18.4. The average molecular weight is 378 g/mol. The molecule has 0 fully saturated rings. The zero-order valence-corrected chi connectivity index (χ0v) is 18.3. The van der Waals surface area contributed by atoms with Crippen LogP contribution in [0.5, 0.6) is 0 Å². The molecular formula is C16H36NaO6P. The fourth-order valence-corrected chi connectivity index (χ4v) is 3.08. The maximum Gasteiger partial charge on any atom is 1.00 e. The van der Waals surface area contributed by atoms with E-state index in [9.17, 15) is 14.8 Å². The molecule has 0 radical (unpaired) electrons. The van der Waals surface area contributed by atoms with E-state index in [1.165, 1.54) is 57.8 Å². The van der Waals surface area contributed by atoms with Gasteiger partial charge in [0.1, 0.15) is 0 Å². The SMILES string of the molecule is CCCCCCCCCCCCCCCC(O)(O)OP(=O)(O)O.[H-].[Na+]. The number of phosphoric acid groups is 1. The Morgan fingerprint density at radius 3 is 1.46 bits per heavy atom. The number of unbranched alkanes of at least 4 members (excludes halogenated alkanes) is 12. The predicted octanol–water partition coefficient (Wildman–Crippen LogP) is 1.33. The predicted molar refractivity (Wildman–Crippen MR) is 91.7 cm³/mol. The van der Waals surface area contributed by atoms with Crippen LogP contribution in [0.15, 0.2) is 0 Å². The monoisotopic (exact) mass is 378 g/mol. The molecule has 0 bridgehead atoms. The third-order valence-corrected chi connectivity index (χ3v) is 4.40. The number of hydrogen-bond donors (Lipinski definition) is 4. The van der Waals surface area contributed by atoms with Gasteiger partial charge < -0.3 is 21.4 Å². The minimum absolute atomic E-state index is 0. The van der Waals surface area contributed by atoms with Crippen molar-refractivity contribution < 1.29 is 60.1 Å². The van der Waals surface area contributed by atoms with Crippen molar-refractivity contribution in [3.63, 3.8) is 0 Å². The second kappa shape index (κ2) is 16.2. The Hall–Kier alpha value is 1.03. The van der Waals surface area contributed by atoms with E-state index in [1.54, 1.807) is 0 Å². The van der Waals surface area contributed by atoms with Crippen molar-refractivity contribution in [3.8, 4) is 0 Å². The van der Waals surface area contributed by atoms with Crippen molar-refractivity contribution in [2.24, 2.45) is 0 Å². The molecule has 0 atom stereocenters. The Balaban J connectivity index is -0.00000242. The van der Waals surface area contributed by atoms with Gasteiger partial charge in [-0.2, -0.15) is 0 Å². The molecule has 0 aliphatic heterocycles. The minimum Gasteiger partial charge on any atom is -1.00 e. The largest absolute Gasteiger partial charge is 1.00 e. The zero-order valence-electron chi connectivity index (χ0n) is 16.5. The van der Waals surface area contributed by atoms with Gasteiger partial charge in [-0.05, 0) is 6.42 Å². The quantitative estimate of drug-likeness (QED) is 0.140. The van der Waals surface area contributed by atoms with Gasteiger partial charge in [-0.3, -0.25) is 0 Å². The van der Waals surface area contributed by atoms with Gasteiger partial charge in [0.05, 0.1) is 0 Å². The van der Waals surface area contributed by atoms with Crippen LogP contribution in [0.25, 0.3) is 0 Å². The molecule has 0 rings (SSSR count). The van der Waals surface area contributed by atoms with Crippen molar-refractivity contribution >= 4 is 7.82 Å². The molecule has 6 nitrogen and oxygen atoms in total. The Morgan fingerprint density at radius 1 is 0.792 bits per heavy atom. The van der Waals surface area contributed by atoms with E-state index in [-0.39, 0.29) is 37.4 Å². The average Bonchev–Trinajstić information content (AvgIpc) is 2.41. The summed E-state index contributed by atoms with van der Waals surface area (Å²) in [5.74, 6) is -2.74. The molecule has 0 aliphatic carbocycles. The summed E-state index contributed by atoms with van der Waals surface area (Å²) >= 11 is 0. The van der Waals surface area contributed by atoms with Crippen LogP contribution in [0.4, 0.5) is 0 Å². The summed E-state index contributed by atoms with van der Waals surface area (Å²) in [6.45, 7) is 2.23. The smallest absolute Gasteiger partial charge is 1.00 e. The van der Waals surface area contributed by atoms with Crippen molar-refractivity contribution in [3.05, 3.63) is 0 Å². The molecule has 0 saturated heterocycles. The topological polar surface area (TPSA) is 107 Å². The van der Waals surface area contributed by atoms with Crippen LogP contribution in [0.3, 0.4) is 0 Å². The van der Waals surface area contributed by atoms with E-state index in [2.05, 4.69) is 11.4 Å². The first-order valence-electron chi connectivity index (χ1n) is 8.98. The summed E-state index contributed by atoms with van der Waals surface area (Å²) in [7, 11) is -4.87. The van der Waals surface area contributed by atoms with Crippen LogP contribution < -0.4 is 29.6 Å². The van der Waals surface area contributed by atoms with Crippen LogP contribution in [0.2, 0.25) is 0 Å². The van der Waals surface area contributed by atoms with E-state index in [0.717, 1.165) is 19.3 Å². The van der Waals surface area contributed by atoms with Crippen molar-refractivity contribution in [2.45, 2.75) is 103 Å². The van der Waals surface area contributed by atoms with Gasteiger partial charge in [0, 0.05) is 6.42 Å². The van der Waals surface area contributed by atoms with E-state index in [1.807, 2.05) is 0 Å². The number of phosphoric ester groups is 1. The first kappa shape index (κ1) is 27.3. The molecular weight excluding hydrogens is 342 g/mol. The second-order valence-corrected chi connectivity index (χ2v) is 7.48. The molecule has 8 heteroatoms. The van der Waals surface area contributed by atoms with Crippen LogP contribution in [0.1, 0.15) is 98.2 Å². The molecule has 24 heavy (non-hydrogen) atoms. The fourth-order valence-electron chi connectivity index (χ4n) is 2.61. The fraction of sp³-hybridized carbons (Fsp3) is 1.00. The molecule has 142 valence electrons. The van der Waals surface area contributed by atoms with Crippen LogP contribution in [-0.2, 0) is 9.09 Å². The molecule has 0 saturated carbocycles. The molecule has 0 aromatic rings.